The van der Waals surface area contributed by atoms with Gasteiger partial charge >= 0.3 is 0 Å². The molecule has 2 N–H and O–H groups in total. The van der Waals surface area contributed by atoms with Crippen molar-refractivity contribution in [3.63, 3.8) is 0 Å². The van der Waals surface area contributed by atoms with Crippen molar-refractivity contribution in [3.05, 3.63) is 42.4 Å². The molecule has 0 amide bonds. The van der Waals surface area contributed by atoms with E-state index in [9.17, 15) is 9.59 Å². The number of aryl methyl sites for hydroxylation is 1. The lowest BCUT2D eigenvalue weighted by molar-refractivity contribution is 0.814. The van der Waals surface area contributed by atoms with Crippen LogP contribution in [0.1, 0.15) is 19.0 Å². The van der Waals surface area contributed by atoms with Crippen molar-refractivity contribution in [1.82, 2.24) is 19.9 Å². The molecule has 0 fully saturated rings. The van der Waals surface area contributed by atoms with E-state index >= 15 is 0 Å². The molecule has 8 heteroatoms. The summed E-state index contributed by atoms with van der Waals surface area (Å²) in [5.74, 6) is 0. The molecule has 0 unspecified atom stereocenters. The quantitative estimate of drug-likeness (QED) is 0.470. The average Bonchev–Trinajstić information content (AvgIpc) is 2.35. The van der Waals surface area contributed by atoms with Gasteiger partial charge in [0.05, 0.1) is 6.33 Å². The van der Waals surface area contributed by atoms with Crippen molar-refractivity contribution in [2.75, 3.05) is 0 Å². The zero-order chi connectivity index (χ0) is 13.8. The number of halogens is 1. The molecular weight excluding hydrogens is 379 g/mol. The van der Waals surface area contributed by atoms with Crippen LogP contribution in [0.2, 0.25) is 0 Å². The van der Waals surface area contributed by atoms with Crippen LogP contribution in [0.3, 0.4) is 0 Å². The van der Waals surface area contributed by atoms with Gasteiger partial charge in [-0.05, 0) is 40.8 Å². The lowest BCUT2D eigenvalue weighted by Gasteiger charge is -2.03. The Labute approximate surface area is 126 Å². The minimum absolute atomic E-state index is 0.194. The Morgan fingerprint density at radius 1 is 1.42 bits per heavy atom. The van der Waals surface area contributed by atoms with E-state index in [2.05, 4.69) is 19.9 Å². The summed E-state index contributed by atoms with van der Waals surface area (Å²) in [6.07, 6.45) is 3.00. The number of nitrogens with one attached hydrogen (secondary N) is 2. The second-order valence-electron chi connectivity index (χ2n) is 3.74. The maximum absolute atomic E-state index is 11.5. The number of rotatable bonds is 4. The van der Waals surface area contributed by atoms with Crippen molar-refractivity contribution >= 4 is 34.4 Å². The molecule has 2 rings (SSSR count). The van der Waals surface area contributed by atoms with E-state index in [0.717, 1.165) is 18.5 Å². The molecule has 6 nitrogen and oxygen atoms in total. The maximum atomic E-state index is 11.5. The highest BCUT2D eigenvalue weighted by Crippen LogP contribution is 2.24. The van der Waals surface area contributed by atoms with E-state index in [1.165, 1.54) is 24.2 Å². The van der Waals surface area contributed by atoms with Crippen LogP contribution in [0.4, 0.5) is 0 Å². The number of aromatic amines is 2. The van der Waals surface area contributed by atoms with Crippen LogP contribution in [0.25, 0.3) is 0 Å². The average molecular weight is 390 g/mol. The van der Waals surface area contributed by atoms with Crippen LogP contribution >= 0.6 is 34.4 Å². The Balaban J connectivity index is 2.35. The van der Waals surface area contributed by atoms with Crippen molar-refractivity contribution in [2.45, 2.75) is 29.9 Å². The largest absolute Gasteiger partial charge is 0.312 e. The van der Waals surface area contributed by atoms with E-state index < -0.39 is 0 Å². The second-order valence-corrected chi connectivity index (χ2v) is 5.80. The number of nitrogens with zero attached hydrogens (tertiary/aromatic N) is 2. The van der Waals surface area contributed by atoms with Crippen molar-refractivity contribution < 1.29 is 0 Å². The smallest absolute Gasteiger partial charge is 0.265 e. The Morgan fingerprint density at radius 3 is 2.95 bits per heavy atom. The molecule has 0 aliphatic heterocycles. The Morgan fingerprint density at radius 2 is 2.21 bits per heavy atom. The molecule has 19 heavy (non-hydrogen) atoms. The number of hydrogen-bond acceptors (Lipinski definition) is 5. The highest BCUT2D eigenvalue weighted by molar-refractivity contribution is 14.1. The van der Waals surface area contributed by atoms with Gasteiger partial charge in [-0.2, -0.15) is 0 Å². The van der Waals surface area contributed by atoms with Gasteiger partial charge in [-0.15, -0.1) is 0 Å². The molecular formula is C11H11IN4O2S. The van der Waals surface area contributed by atoms with E-state index in [0.29, 0.717) is 13.8 Å². The Bertz CT molecular complexity index is 698. The van der Waals surface area contributed by atoms with Crippen molar-refractivity contribution in [2.24, 2.45) is 0 Å². The van der Waals surface area contributed by atoms with E-state index in [4.69, 9.17) is 0 Å². The molecule has 0 aliphatic carbocycles. The van der Waals surface area contributed by atoms with Crippen LogP contribution in [0, 0.1) is 3.57 Å². The molecule has 0 radical (unpaired) electrons. The molecule has 0 atom stereocenters. The fourth-order valence-electron chi connectivity index (χ4n) is 1.45. The first kappa shape index (κ1) is 14.3. The lowest BCUT2D eigenvalue weighted by Crippen LogP contribution is -2.13. The predicted octanol–water partition coefficient (Wildman–Crippen LogP) is 1.56. The summed E-state index contributed by atoms with van der Waals surface area (Å²) in [5.41, 5.74) is 0.347. The summed E-state index contributed by atoms with van der Waals surface area (Å²) < 4.78 is 0.480. The topological polar surface area (TPSA) is 91.5 Å². The van der Waals surface area contributed by atoms with Crippen LogP contribution in [0.15, 0.2) is 32.2 Å². The second kappa shape index (κ2) is 6.33. The molecule has 0 spiro atoms. The van der Waals surface area contributed by atoms with Gasteiger partial charge in [0.15, 0.2) is 5.16 Å². The van der Waals surface area contributed by atoms with Crippen molar-refractivity contribution in [1.29, 1.82) is 0 Å². The maximum Gasteiger partial charge on any atom is 0.265 e. The van der Waals surface area contributed by atoms with Gasteiger partial charge in [0, 0.05) is 11.8 Å². The summed E-state index contributed by atoms with van der Waals surface area (Å²) in [5, 5.41) is 0.980. The van der Waals surface area contributed by atoms with Crippen LogP contribution < -0.4 is 11.1 Å². The molecule has 2 aromatic rings. The van der Waals surface area contributed by atoms with E-state index in [1.54, 1.807) is 0 Å². The molecule has 0 aromatic carbocycles. The van der Waals surface area contributed by atoms with Gasteiger partial charge in [-0.1, -0.05) is 13.3 Å². The molecule has 0 aliphatic rings. The zero-order valence-electron chi connectivity index (χ0n) is 10.1. The standard InChI is InChI=1S/C11H11IN4O2S/c1-2-3-6-4-7(17)16-11(15-6)19-10-8(12)9(18)13-5-14-10/h4-5H,2-3H2,1H3,(H,13,14,18)(H,15,16,17). The summed E-state index contributed by atoms with van der Waals surface area (Å²) >= 11 is 3.10. The Hall–Kier alpha value is -1.16. The first-order valence-electron chi connectivity index (χ1n) is 5.61. The minimum atomic E-state index is -0.204. The summed E-state index contributed by atoms with van der Waals surface area (Å²) in [7, 11) is 0. The van der Waals surface area contributed by atoms with Gasteiger partial charge < -0.3 is 9.97 Å². The summed E-state index contributed by atoms with van der Waals surface area (Å²) in [6.45, 7) is 2.02. The Kier molecular flexibility index (Phi) is 4.75. The van der Waals surface area contributed by atoms with Crippen LogP contribution in [-0.2, 0) is 6.42 Å². The van der Waals surface area contributed by atoms with Gasteiger partial charge in [0.1, 0.15) is 8.60 Å². The fourth-order valence-corrected chi connectivity index (χ4v) is 2.86. The van der Waals surface area contributed by atoms with Gasteiger partial charge in [0.2, 0.25) is 0 Å². The van der Waals surface area contributed by atoms with Gasteiger partial charge in [-0.3, -0.25) is 9.59 Å². The first-order valence-corrected chi connectivity index (χ1v) is 7.51. The first-order chi connectivity index (χ1) is 9.10. The highest BCUT2D eigenvalue weighted by Gasteiger charge is 2.09. The molecule has 100 valence electrons. The van der Waals surface area contributed by atoms with E-state index in [-0.39, 0.29) is 11.1 Å². The molecule has 0 bridgehead atoms. The number of hydrogen-bond donors (Lipinski definition) is 2. The SMILES string of the molecule is CCCc1cc(=O)[nH]c(Sc2nc[nH]c(=O)c2I)n1. The van der Waals surface area contributed by atoms with Crippen molar-refractivity contribution in [3.8, 4) is 0 Å². The molecule has 2 heterocycles. The monoisotopic (exact) mass is 390 g/mol. The predicted molar refractivity (Wildman–Crippen MR) is 80.6 cm³/mol. The highest BCUT2D eigenvalue weighted by atomic mass is 127. The third-order valence-corrected chi connectivity index (χ3v) is 4.49. The molecule has 2 aromatic heterocycles. The normalized spacial score (nSPS) is 10.6. The minimum Gasteiger partial charge on any atom is -0.312 e. The summed E-state index contributed by atoms with van der Waals surface area (Å²) in [4.78, 5) is 36.5. The third kappa shape index (κ3) is 3.66. The fraction of sp³-hybridized carbons (Fsp3) is 0.273. The molecule has 0 saturated carbocycles. The third-order valence-electron chi connectivity index (χ3n) is 2.24. The van der Waals surface area contributed by atoms with Crippen LogP contribution in [0.5, 0.6) is 0 Å². The lowest BCUT2D eigenvalue weighted by atomic mass is 10.2. The van der Waals surface area contributed by atoms with Gasteiger partial charge in [0.25, 0.3) is 11.1 Å². The molecule has 0 saturated heterocycles. The zero-order valence-corrected chi connectivity index (χ0v) is 13.0. The van der Waals surface area contributed by atoms with E-state index in [1.807, 2.05) is 29.5 Å². The number of H-pyrrole nitrogens is 2. The number of aromatic nitrogens is 4. The van der Waals surface area contributed by atoms with Crippen LogP contribution in [-0.4, -0.2) is 19.9 Å². The van der Waals surface area contributed by atoms with Gasteiger partial charge in [-0.25, -0.2) is 9.97 Å². The summed E-state index contributed by atoms with van der Waals surface area (Å²) in [6, 6.07) is 1.49.